The van der Waals surface area contributed by atoms with Gasteiger partial charge in [0.2, 0.25) is 0 Å². The topological polar surface area (TPSA) is 0 Å². The number of hydrogen-bond donors (Lipinski definition) is 0. The van der Waals surface area contributed by atoms with Gasteiger partial charge in [0, 0.05) is 0 Å². The molecule has 6 heteroatoms. The van der Waals surface area contributed by atoms with Crippen LogP contribution in [0.15, 0.2) is 0 Å². The lowest BCUT2D eigenvalue weighted by atomic mass is 10.6. The van der Waals surface area contributed by atoms with Gasteiger partial charge in [-0.15, -0.1) is 33.3 Å². The zero-order valence-corrected chi connectivity index (χ0v) is 30.4. The summed E-state index contributed by atoms with van der Waals surface area (Å²) in [6.07, 6.45) is 4.01. The fraction of sp³-hybridized carbons (Fsp3) is 0.778. The summed E-state index contributed by atoms with van der Waals surface area (Å²) in [5.74, 6) is 0. The Balaban J connectivity index is 3.15. The van der Waals surface area contributed by atoms with E-state index in [-0.39, 0.29) is 0 Å². The average molecular weight is 547 g/mol. The molecule has 1 aliphatic rings. The maximum absolute atomic E-state index is 3.88. The van der Waals surface area contributed by atoms with Gasteiger partial charge in [-0.3, -0.25) is 0 Å². The Morgan fingerprint density at radius 2 is 0.394 bits per heavy atom. The molecule has 0 aromatic rings. The molecule has 33 heavy (non-hydrogen) atoms. The summed E-state index contributed by atoms with van der Waals surface area (Å²) in [4.78, 5) is 0. The lowest BCUT2D eigenvalue weighted by Crippen LogP contribution is -2.31. The lowest BCUT2D eigenvalue weighted by Gasteiger charge is -2.22. The predicted octanol–water partition coefficient (Wildman–Crippen LogP) is 8.67. The zero-order chi connectivity index (χ0) is 25.6. The molecular weight excluding hydrogens is 493 g/mol. The molecule has 0 radical (unpaired) electrons. The minimum atomic E-state index is -1.43. The third kappa shape index (κ3) is 14.2. The van der Waals surface area contributed by atoms with Gasteiger partial charge in [0.15, 0.2) is 0 Å². The Morgan fingerprint density at radius 3 is 0.515 bits per heavy atom. The van der Waals surface area contributed by atoms with Gasteiger partial charge in [0.05, 0.1) is 0 Å². The van der Waals surface area contributed by atoms with Gasteiger partial charge >= 0.3 is 0 Å². The normalized spacial score (nSPS) is 26.5. The van der Waals surface area contributed by atoms with Crippen LogP contribution in [0.5, 0.6) is 0 Å². The van der Waals surface area contributed by atoms with Crippen molar-refractivity contribution in [1.82, 2.24) is 0 Å². The minimum absolute atomic E-state index is 1.34. The molecule has 0 amide bonds. The van der Waals surface area contributed by atoms with Crippen LogP contribution in [0.3, 0.4) is 0 Å². The van der Waals surface area contributed by atoms with Gasteiger partial charge in [0.1, 0.15) is 48.4 Å². The van der Waals surface area contributed by atoms with Crippen molar-refractivity contribution in [2.45, 2.75) is 134 Å². The van der Waals surface area contributed by atoms with Crippen LogP contribution in [0.4, 0.5) is 0 Å². The van der Waals surface area contributed by atoms with Crippen molar-refractivity contribution >= 4 is 48.4 Å². The van der Waals surface area contributed by atoms with Gasteiger partial charge in [-0.05, 0) is 36.3 Å². The van der Waals surface area contributed by atoms with E-state index in [0.717, 1.165) is 0 Å². The summed E-state index contributed by atoms with van der Waals surface area (Å²) in [5, 5.41) is 0. The van der Waals surface area contributed by atoms with Crippen molar-refractivity contribution in [3.05, 3.63) is 0 Å². The highest BCUT2D eigenvalue weighted by Gasteiger charge is 2.28. The highest BCUT2D eigenvalue weighted by atomic mass is 28.3. The van der Waals surface area contributed by atoms with Crippen LogP contribution in [0.1, 0.15) is 19.3 Å². The first-order valence-corrected chi connectivity index (χ1v) is 32.6. The van der Waals surface area contributed by atoms with Gasteiger partial charge in [-0.1, -0.05) is 97.8 Å². The molecule has 0 nitrogen and oxygen atoms in total. The van der Waals surface area contributed by atoms with Gasteiger partial charge < -0.3 is 0 Å². The first-order chi connectivity index (χ1) is 14.7. The molecule has 0 aromatic carbocycles. The largest absolute Gasteiger partial charge is 0.139 e. The van der Waals surface area contributed by atoms with Crippen LogP contribution >= 0.6 is 0 Å². The molecule has 0 saturated heterocycles. The van der Waals surface area contributed by atoms with E-state index in [0.29, 0.717) is 0 Å². The first kappa shape index (κ1) is 31.0. The van der Waals surface area contributed by atoms with Crippen molar-refractivity contribution < 1.29 is 0 Å². The highest BCUT2D eigenvalue weighted by Crippen LogP contribution is 2.24. The van der Waals surface area contributed by atoms with E-state index in [9.17, 15) is 0 Å². The van der Waals surface area contributed by atoms with E-state index in [2.05, 4.69) is 112 Å². The lowest BCUT2D eigenvalue weighted by molar-refractivity contribution is 1.02. The van der Waals surface area contributed by atoms with Crippen LogP contribution in [-0.2, 0) is 0 Å². The second-order valence-electron chi connectivity index (χ2n) is 14.6. The monoisotopic (exact) mass is 546 g/mol. The number of hydrogen-bond acceptors (Lipinski definition) is 0. The molecule has 0 fully saturated rings. The van der Waals surface area contributed by atoms with Crippen LogP contribution in [0.25, 0.3) is 0 Å². The van der Waals surface area contributed by atoms with Gasteiger partial charge in [-0.25, -0.2) is 0 Å². The highest BCUT2D eigenvalue weighted by molar-refractivity contribution is 6.92. The molecule has 0 N–H and O–H groups in total. The Labute approximate surface area is 215 Å². The second kappa shape index (κ2) is 11.8. The fourth-order valence-corrected chi connectivity index (χ4v) is 20.6. The summed E-state index contributed by atoms with van der Waals surface area (Å²) in [6.45, 7) is 29.9. The summed E-state index contributed by atoms with van der Waals surface area (Å²) in [5.41, 5.74) is 23.3. The van der Waals surface area contributed by atoms with Gasteiger partial charge in [-0.2, -0.15) is 0 Å². The standard InChI is InChI=1S/C27H54Si6/c1-28(2)16-13-17-30(5,6)24-25-32(9,10)20-15-21-33(11,12)27-26-31(7,8)19-14-18-29(3,4)23-22-28/h13-21H2,1-12H3. The molecule has 0 saturated carbocycles. The van der Waals surface area contributed by atoms with E-state index < -0.39 is 48.4 Å². The van der Waals surface area contributed by atoms with Crippen LogP contribution in [0, 0.1) is 33.3 Å². The SMILES string of the molecule is C[Si]1(C)C#C[Si](C)(C)CCC[Si](C)(C)C#C[Si](C)(C)CCC[Si](C)(C)C#C[Si](C)(C)CCC1. The van der Waals surface area contributed by atoms with Crippen molar-refractivity contribution in [2.75, 3.05) is 0 Å². The molecule has 1 heterocycles. The molecular formula is C27H54Si6. The Hall–Kier alpha value is -0.0187. The summed E-state index contributed by atoms with van der Waals surface area (Å²) in [6, 6.07) is 8.08. The Kier molecular flexibility index (Phi) is 11.1. The average Bonchev–Trinajstić information content (AvgIpc) is 2.62. The fourth-order valence-electron chi connectivity index (χ4n) is 4.31. The molecule has 0 atom stereocenters. The van der Waals surface area contributed by atoms with E-state index in [1.54, 1.807) is 0 Å². The zero-order valence-electron chi connectivity index (χ0n) is 24.4. The maximum Gasteiger partial charge on any atom is 0.131 e. The Bertz CT molecular complexity index is 670. The molecule has 0 aromatic heterocycles. The third-order valence-electron chi connectivity index (χ3n) is 7.03. The minimum Gasteiger partial charge on any atom is -0.139 e. The maximum atomic E-state index is 3.88. The van der Waals surface area contributed by atoms with Crippen LogP contribution in [0.2, 0.25) is 115 Å². The van der Waals surface area contributed by atoms with Crippen molar-refractivity contribution in [2.24, 2.45) is 0 Å². The Morgan fingerprint density at radius 1 is 0.273 bits per heavy atom. The van der Waals surface area contributed by atoms with E-state index in [1.165, 1.54) is 55.5 Å². The van der Waals surface area contributed by atoms with Crippen molar-refractivity contribution in [3.63, 3.8) is 0 Å². The van der Waals surface area contributed by atoms with E-state index in [4.69, 9.17) is 0 Å². The molecule has 1 rings (SSSR count). The van der Waals surface area contributed by atoms with E-state index in [1.807, 2.05) is 0 Å². The van der Waals surface area contributed by atoms with Crippen LogP contribution < -0.4 is 0 Å². The van der Waals surface area contributed by atoms with Crippen molar-refractivity contribution in [3.8, 4) is 33.3 Å². The molecule has 0 bridgehead atoms. The summed E-state index contributed by atoms with van der Waals surface area (Å²) >= 11 is 0. The molecule has 186 valence electrons. The molecule has 1 aliphatic heterocycles. The summed E-state index contributed by atoms with van der Waals surface area (Å²) < 4.78 is 0. The number of rotatable bonds is 0. The van der Waals surface area contributed by atoms with Crippen molar-refractivity contribution in [1.29, 1.82) is 0 Å². The summed E-state index contributed by atoms with van der Waals surface area (Å²) in [7, 11) is -8.61. The molecule has 0 aliphatic carbocycles. The second-order valence-corrected chi connectivity index (χ2v) is 41.7. The van der Waals surface area contributed by atoms with Gasteiger partial charge in [0.25, 0.3) is 0 Å². The quantitative estimate of drug-likeness (QED) is 0.210. The third-order valence-corrected chi connectivity index (χ3v) is 22.2. The van der Waals surface area contributed by atoms with E-state index >= 15 is 0 Å². The molecule has 0 unspecified atom stereocenters. The van der Waals surface area contributed by atoms with Crippen LogP contribution in [-0.4, -0.2) is 48.4 Å². The smallest absolute Gasteiger partial charge is 0.131 e. The molecule has 0 spiro atoms. The predicted molar refractivity (Wildman–Crippen MR) is 171 cm³/mol. The first-order valence-electron chi connectivity index (χ1n) is 13.4.